The van der Waals surface area contributed by atoms with Gasteiger partial charge < -0.3 is 9.84 Å². The van der Waals surface area contributed by atoms with Gasteiger partial charge in [-0.15, -0.1) is 0 Å². The number of ketones is 1. The van der Waals surface area contributed by atoms with Crippen LogP contribution in [0.4, 0.5) is 14.9 Å². The maximum absolute atomic E-state index is 14.9. The molecule has 8 heteroatoms. The first-order chi connectivity index (χ1) is 18.9. The molecule has 3 aromatic carbocycles. The Balaban J connectivity index is 1.56. The molecule has 0 aliphatic rings. The first-order valence-corrected chi connectivity index (χ1v) is 13.2. The molecule has 7 nitrogen and oxygen atoms in total. The van der Waals surface area contributed by atoms with Crippen molar-refractivity contribution in [3.05, 3.63) is 112 Å². The molecule has 1 heterocycles. The van der Waals surface area contributed by atoms with E-state index in [2.05, 4.69) is 17.3 Å². The molecule has 1 unspecified atom stereocenters. The predicted octanol–water partition coefficient (Wildman–Crippen LogP) is 6.74. The molecule has 0 fully saturated rings. The number of anilines is 1. The Morgan fingerprint density at radius 3 is 2.48 bits per heavy atom. The van der Waals surface area contributed by atoms with Crippen LogP contribution in [-0.4, -0.2) is 32.4 Å². The number of aliphatic hydroxyl groups excluding tert-OH is 1. The maximum atomic E-state index is 14.9. The van der Waals surface area contributed by atoms with E-state index in [1.807, 2.05) is 24.3 Å². The van der Waals surface area contributed by atoms with Gasteiger partial charge in [0, 0.05) is 12.1 Å². The summed E-state index contributed by atoms with van der Waals surface area (Å²) >= 11 is 0. The summed E-state index contributed by atoms with van der Waals surface area (Å²) in [5.74, 6) is -0.836. The number of aryl methyl sites for hydroxylation is 2. The number of hydrogen-bond acceptors (Lipinski definition) is 5. The zero-order valence-electron chi connectivity index (χ0n) is 23.4. The minimum atomic E-state index is -1.11. The van der Waals surface area contributed by atoms with Crippen LogP contribution in [0.3, 0.4) is 0 Å². The van der Waals surface area contributed by atoms with Crippen molar-refractivity contribution < 1.29 is 23.8 Å². The molecule has 0 saturated heterocycles. The number of aliphatic hydroxyl groups is 1. The molecule has 4 aromatic rings. The number of ether oxygens (including phenoxy) is 1. The average Bonchev–Trinajstić information content (AvgIpc) is 3.30. The number of carbonyl (C=O) groups excluding carboxylic acids is 2. The number of Topliss-reactive ketones (excluding diaryl/α,β-unsaturated/α-hetero) is 1. The molecule has 208 valence electrons. The van der Waals surface area contributed by atoms with E-state index in [9.17, 15) is 19.1 Å². The van der Waals surface area contributed by atoms with Gasteiger partial charge in [-0.05, 0) is 98.8 Å². The van der Waals surface area contributed by atoms with Gasteiger partial charge >= 0.3 is 6.09 Å². The average molecular weight is 544 g/mol. The molecule has 1 atom stereocenters. The van der Waals surface area contributed by atoms with Crippen LogP contribution in [-0.2, 0) is 17.6 Å². The molecule has 0 aliphatic carbocycles. The lowest BCUT2D eigenvalue weighted by molar-refractivity contribution is 0.0635. The quantitative estimate of drug-likeness (QED) is 0.240. The minimum absolute atomic E-state index is 0.164. The van der Waals surface area contributed by atoms with Gasteiger partial charge in [0.1, 0.15) is 23.2 Å². The van der Waals surface area contributed by atoms with Crippen molar-refractivity contribution in [1.29, 1.82) is 0 Å². The standard InChI is InChI=1S/C32H34FN3O4/c1-6-21-9-7-12-26(16-21)36-28(15-20(2)35-36)29(37)19-24-17-23(13-14-27(24)33)30(38)22-10-8-11-25(18-22)34-31(39)40-32(3,4)5/h7-18,30,38H,6,19H2,1-5H3,(H,34,39). The predicted molar refractivity (Wildman–Crippen MR) is 152 cm³/mol. The van der Waals surface area contributed by atoms with Gasteiger partial charge in [0.2, 0.25) is 0 Å². The van der Waals surface area contributed by atoms with E-state index < -0.39 is 23.6 Å². The van der Waals surface area contributed by atoms with Crippen LogP contribution in [0.15, 0.2) is 72.8 Å². The molecule has 0 radical (unpaired) electrons. The van der Waals surface area contributed by atoms with Crippen LogP contribution in [0.1, 0.15) is 72.2 Å². The first-order valence-electron chi connectivity index (χ1n) is 13.2. The van der Waals surface area contributed by atoms with Crippen molar-refractivity contribution in [3.8, 4) is 5.69 Å². The van der Waals surface area contributed by atoms with E-state index in [1.54, 1.807) is 62.7 Å². The smallest absolute Gasteiger partial charge is 0.412 e. The molecule has 2 N–H and O–H groups in total. The Morgan fingerprint density at radius 2 is 1.75 bits per heavy atom. The molecule has 0 spiro atoms. The molecule has 1 amide bonds. The van der Waals surface area contributed by atoms with Crippen molar-refractivity contribution in [2.24, 2.45) is 0 Å². The Morgan fingerprint density at radius 1 is 1.02 bits per heavy atom. The zero-order valence-corrected chi connectivity index (χ0v) is 23.4. The molecular weight excluding hydrogens is 509 g/mol. The SMILES string of the molecule is CCc1cccc(-n2nc(C)cc2C(=O)Cc2cc(C(O)c3cccc(NC(=O)OC(C)(C)C)c3)ccc2F)c1. The van der Waals surface area contributed by atoms with E-state index in [0.717, 1.165) is 17.7 Å². The molecule has 0 saturated carbocycles. The topological polar surface area (TPSA) is 93.5 Å². The van der Waals surface area contributed by atoms with E-state index in [1.165, 1.54) is 18.2 Å². The highest BCUT2D eigenvalue weighted by Crippen LogP contribution is 2.27. The molecule has 1 aromatic heterocycles. The summed E-state index contributed by atoms with van der Waals surface area (Å²) in [6.07, 6.45) is -1.08. The normalized spacial score (nSPS) is 12.2. The fourth-order valence-corrected chi connectivity index (χ4v) is 4.37. The number of benzene rings is 3. The third kappa shape index (κ3) is 7.01. The van der Waals surface area contributed by atoms with Gasteiger partial charge in [0.05, 0.1) is 11.4 Å². The highest BCUT2D eigenvalue weighted by atomic mass is 19.1. The van der Waals surface area contributed by atoms with Gasteiger partial charge in [0.25, 0.3) is 0 Å². The van der Waals surface area contributed by atoms with Gasteiger partial charge in [0.15, 0.2) is 5.78 Å². The number of nitrogens with zero attached hydrogens (tertiary/aromatic N) is 2. The number of carbonyl (C=O) groups is 2. The fraction of sp³-hybridized carbons (Fsp3) is 0.281. The Kier molecular flexibility index (Phi) is 8.49. The van der Waals surface area contributed by atoms with Crippen LogP contribution in [0.25, 0.3) is 5.69 Å². The van der Waals surface area contributed by atoms with Crippen molar-refractivity contribution >= 4 is 17.6 Å². The second-order valence-corrected chi connectivity index (χ2v) is 10.7. The summed E-state index contributed by atoms with van der Waals surface area (Å²) < 4.78 is 21.7. The molecule has 0 aliphatic heterocycles. The Bertz CT molecular complexity index is 1540. The Labute approximate surface area is 233 Å². The van der Waals surface area contributed by atoms with E-state index in [-0.39, 0.29) is 17.8 Å². The first kappa shape index (κ1) is 28.7. The summed E-state index contributed by atoms with van der Waals surface area (Å²) in [7, 11) is 0. The highest BCUT2D eigenvalue weighted by Gasteiger charge is 2.21. The third-order valence-electron chi connectivity index (χ3n) is 6.26. The third-order valence-corrected chi connectivity index (χ3v) is 6.26. The molecular formula is C32H34FN3O4. The zero-order chi connectivity index (χ0) is 29.0. The van der Waals surface area contributed by atoms with Gasteiger partial charge in [-0.3, -0.25) is 10.1 Å². The lowest BCUT2D eigenvalue weighted by atomic mass is 9.97. The van der Waals surface area contributed by atoms with Crippen LogP contribution in [0.2, 0.25) is 0 Å². The summed E-state index contributed by atoms with van der Waals surface area (Å²) in [4.78, 5) is 25.5. The lowest BCUT2D eigenvalue weighted by Crippen LogP contribution is -2.27. The van der Waals surface area contributed by atoms with Gasteiger partial charge in [-0.25, -0.2) is 13.9 Å². The fourth-order valence-electron chi connectivity index (χ4n) is 4.37. The van der Waals surface area contributed by atoms with Gasteiger partial charge in [-0.1, -0.05) is 37.3 Å². The number of aromatic nitrogens is 2. The second kappa shape index (κ2) is 11.8. The lowest BCUT2D eigenvalue weighted by Gasteiger charge is -2.20. The number of hydrogen-bond donors (Lipinski definition) is 2. The molecule has 40 heavy (non-hydrogen) atoms. The number of rotatable bonds is 8. The Hall–Kier alpha value is -4.30. The van der Waals surface area contributed by atoms with Crippen LogP contribution < -0.4 is 5.32 Å². The van der Waals surface area contributed by atoms with Crippen LogP contribution >= 0.6 is 0 Å². The summed E-state index contributed by atoms with van der Waals surface area (Å²) in [6.45, 7) is 9.16. The summed E-state index contributed by atoms with van der Waals surface area (Å²) in [5, 5.41) is 18.2. The van der Waals surface area contributed by atoms with Crippen molar-refractivity contribution in [3.63, 3.8) is 0 Å². The van der Waals surface area contributed by atoms with Crippen molar-refractivity contribution in [2.75, 3.05) is 5.32 Å². The van der Waals surface area contributed by atoms with Gasteiger partial charge in [-0.2, -0.15) is 5.10 Å². The minimum Gasteiger partial charge on any atom is -0.444 e. The molecule has 0 bridgehead atoms. The van der Waals surface area contributed by atoms with Crippen LogP contribution in [0.5, 0.6) is 0 Å². The second-order valence-electron chi connectivity index (χ2n) is 10.7. The van der Waals surface area contributed by atoms with E-state index in [4.69, 9.17) is 4.74 Å². The number of amides is 1. The van der Waals surface area contributed by atoms with E-state index in [0.29, 0.717) is 28.2 Å². The monoisotopic (exact) mass is 543 g/mol. The summed E-state index contributed by atoms with van der Waals surface area (Å²) in [5.41, 5.74) is 3.77. The summed E-state index contributed by atoms with van der Waals surface area (Å²) in [6, 6.07) is 20.4. The van der Waals surface area contributed by atoms with Crippen LogP contribution in [0, 0.1) is 12.7 Å². The van der Waals surface area contributed by atoms with Crippen molar-refractivity contribution in [1.82, 2.24) is 9.78 Å². The molecule has 4 rings (SSSR count). The van der Waals surface area contributed by atoms with E-state index >= 15 is 0 Å². The number of nitrogens with one attached hydrogen (secondary N) is 1. The highest BCUT2D eigenvalue weighted by molar-refractivity contribution is 5.96. The maximum Gasteiger partial charge on any atom is 0.412 e. The largest absolute Gasteiger partial charge is 0.444 e. The van der Waals surface area contributed by atoms with Crippen molar-refractivity contribution in [2.45, 2.75) is 59.2 Å². The number of halogens is 1.